The van der Waals surface area contributed by atoms with Crippen molar-refractivity contribution in [2.24, 2.45) is 0 Å². The van der Waals surface area contributed by atoms with Crippen LogP contribution in [0.4, 0.5) is 11.4 Å². The second-order valence-electron chi connectivity index (χ2n) is 7.07. The van der Waals surface area contributed by atoms with Crippen molar-refractivity contribution in [1.29, 1.82) is 0 Å². The van der Waals surface area contributed by atoms with Crippen molar-refractivity contribution in [1.82, 2.24) is 4.90 Å². The maximum Gasteiger partial charge on any atom is 0.255 e. The number of nitrogens with zero attached hydrogens (tertiary/aromatic N) is 2. The summed E-state index contributed by atoms with van der Waals surface area (Å²) in [4.78, 5) is 28.9. The van der Waals surface area contributed by atoms with Crippen molar-refractivity contribution in [3.8, 4) is 5.75 Å². The van der Waals surface area contributed by atoms with Crippen molar-refractivity contribution < 1.29 is 14.3 Å². The number of hydrogen-bond acceptors (Lipinski definition) is 4. The number of nitrogens with one attached hydrogen (secondary N) is 1. The first-order valence-electron chi connectivity index (χ1n) is 10.3. The molecular formula is C23H29N3O3. The highest BCUT2D eigenvalue weighted by atomic mass is 16.5. The third-order valence-corrected chi connectivity index (χ3v) is 5.00. The third-order valence-electron chi connectivity index (χ3n) is 5.00. The molecule has 2 aromatic rings. The molecule has 6 nitrogen and oxygen atoms in total. The van der Waals surface area contributed by atoms with E-state index >= 15 is 0 Å². The number of piperazine rings is 1. The fourth-order valence-corrected chi connectivity index (χ4v) is 3.42. The molecule has 0 aromatic heterocycles. The summed E-state index contributed by atoms with van der Waals surface area (Å²) in [6.45, 7) is 7.46. The largest absolute Gasteiger partial charge is 0.494 e. The van der Waals surface area contributed by atoms with E-state index in [0.29, 0.717) is 37.4 Å². The van der Waals surface area contributed by atoms with Crippen LogP contribution < -0.4 is 15.0 Å². The molecule has 6 heteroatoms. The number of carbonyl (C=O) groups is 2. The Morgan fingerprint density at radius 3 is 2.48 bits per heavy atom. The maximum atomic E-state index is 12.8. The van der Waals surface area contributed by atoms with Gasteiger partial charge in [0.05, 0.1) is 18.0 Å². The van der Waals surface area contributed by atoms with E-state index in [1.165, 1.54) is 0 Å². The molecule has 0 bridgehead atoms. The summed E-state index contributed by atoms with van der Waals surface area (Å²) in [7, 11) is 0. The van der Waals surface area contributed by atoms with E-state index in [9.17, 15) is 9.59 Å². The lowest BCUT2D eigenvalue weighted by molar-refractivity contribution is -0.131. The minimum Gasteiger partial charge on any atom is -0.494 e. The molecule has 0 aliphatic carbocycles. The Balaban J connectivity index is 1.70. The van der Waals surface area contributed by atoms with Gasteiger partial charge in [-0.3, -0.25) is 9.59 Å². The fourth-order valence-electron chi connectivity index (χ4n) is 3.42. The third kappa shape index (κ3) is 5.28. The molecule has 3 rings (SSSR count). The lowest BCUT2D eigenvalue weighted by atomic mass is 10.1. The van der Waals surface area contributed by atoms with Gasteiger partial charge in [-0.1, -0.05) is 32.0 Å². The summed E-state index contributed by atoms with van der Waals surface area (Å²) in [5.41, 5.74) is 2.31. The molecule has 2 aromatic carbocycles. The minimum atomic E-state index is -0.167. The van der Waals surface area contributed by atoms with Crippen molar-refractivity contribution in [2.75, 3.05) is 43.0 Å². The van der Waals surface area contributed by atoms with Crippen LogP contribution >= 0.6 is 0 Å². The van der Waals surface area contributed by atoms with Crippen LogP contribution in [0.5, 0.6) is 5.75 Å². The molecule has 0 radical (unpaired) electrons. The number of anilines is 2. The van der Waals surface area contributed by atoms with Gasteiger partial charge in [0.15, 0.2) is 0 Å². The summed E-state index contributed by atoms with van der Waals surface area (Å²) < 4.78 is 5.63. The highest BCUT2D eigenvalue weighted by Gasteiger charge is 2.22. The zero-order chi connectivity index (χ0) is 20.6. The van der Waals surface area contributed by atoms with Crippen molar-refractivity contribution >= 4 is 23.2 Å². The highest BCUT2D eigenvalue weighted by molar-refractivity contribution is 6.06. The van der Waals surface area contributed by atoms with Gasteiger partial charge >= 0.3 is 0 Å². The summed E-state index contributed by atoms with van der Waals surface area (Å²) in [6, 6.07) is 15.0. The van der Waals surface area contributed by atoms with Crippen LogP contribution in [0.1, 0.15) is 37.0 Å². The molecule has 1 fully saturated rings. The topological polar surface area (TPSA) is 61.9 Å². The van der Waals surface area contributed by atoms with Crippen LogP contribution in [0.3, 0.4) is 0 Å². The van der Waals surface area contributed by atoms with Crippen molar-refractivity contribution in [2.45, 2.75) is 26.7 Å². The Labute approximate surface area is 172 Å². The highest BCUT2D eigenvalue weighted by Crippen LogP contribution is 2.27. The van der Waals surface area contributed by atoms with Crippen LogP contribution in [-0.4, -0.2) is 49.5 Å². The first-order valence-corrected chi connectivity index (χ1v) is 10.3. The van der Waals surface area contributed by atoms with E-state index in [-0.39, 0.29) is 11.8 Å². The van der Waals surface area contributed by atoms with Gasteiger partial charge in [-0.15, -0.1) is 0 Å². The molecule has 1 aliphatic rings. The number of para-hydroxylation sites is 2. The van der Waals surface area contributed by atoms with Gasteiger partial charge in [-0.25, -0.2) is 0 Å². The van der Waals surface area contributed by atoms with Crippen LogP contribution in [0.2, 0.25) is 0 Å². The molecule has 0 saturated carbocycles. The predicted octanol–water partition coefficient (Wildman–Crippen LogP) is 3.79. The Hall–Kier alpha value is -3.02. The lowest BCUT2D eigenvalue weighted by Crippen LogP contribution is -2.48. The maximum absolute atomic E-state index is 12.8. The molecule has 1 heterocycles. The molecule has 154 valence electrons. The van der Waals surface area contributed by atoms with Gasteiger partial charge in [-0.05, 0) is 36.8 Å². The number of hydrogen-bond donors (Lipinski definition) is 1. The van der Waals surface area contributed by atoms with E-state index in [0.717, 1.165) is 30.9 Å². The van der Waals surface area contributed by atoms with Crippen molar-refractivity contribution in [3.63, 3.8) is 0 Å². The van der Waals surface area contributed by atoms with Gasteiger partial charge in [0.2, 0.25) is 5.91 Å². The molecule has 1 aliphatic heterocycles. The van der Waals surface area contributed by atoms with Gasteiger partial charge in [-0.2, -0.15) is 0 Å². The molecule has 0 unspecified atom stereocenters. The number of amides is 2. The van der Waals surface area contributed by atoms with Gasteiger partial charge < -0.3 is 19.9 Å². The molecule has 0 atom stereocenters. The van der Waals surface area contributed by atoms with Crippen LogP contribution in [0, 0.1) is 0 Å². The SMILES string of the molecule is CCCOc1cccc(C(=O)Nc2ccccc2N2CCN(C(=O)CC)CC2)c1. The van der Waals surface area contributed by atoms with Gasteiger partial charge in [0.25, 0.3) is 5.91 Å². The second kappa shape index (κ2) is 9.96. The summed E-state index contributed by atoms with van der Waals surface area (Å²) in [5.74, 6) is 0.722. The molecule has 0 spiro atoms. The van der Waals surface area contributed by atoms with E-state index in [4.69, 9.17) is 4.74 Å². The summed E-state index contributed by atoms with van der Waals surface area (Å²) in [6.07, 6.45) is 1.45. The van der Waals surface area contributed by atoms with Crippen LogP contribution in [0.25, 0.3) is 0 Å². The normalized spacial score (nSPS) is 13.9. The molecular weight excluding hydrogens is 366 g/mol. The van der Waals surface area contributed by atoms with E-state index < -0.39 is 0 Å². The first kappa shape index (κ1) is 20.7. The van der Waals surface area contributed by atoms with Gasteiger partial charge in [0.1, 0.15) is 5.75 Å². The van der Waals surface area contributed by atoms with E-state index in [1.54, 1.807) is 12.1 Å². The van der Waals surface area contributed by atoms with Crippen LogP contribution in [-0.2, 0) is 4.79 Å². The molecule has 1 N–H and O–H groups in total. The van der Waals surface area contributed by atoms with E-state index in [1.807, 2.05) is 55.1 Å². The number of rotatable bonds is 7. The second-order valence-corrected chi connectivity index (χ2v) is 7.07. The quantitative estimate of drug-likeness (QED) is 0.775. The molecule has 29 heavy (non-hydrogen) atoms. The Morgan fingerprint density at radius 1 is 1.00 bits per heavy atom. The predicted molar refractivity (Wildman–Crippen MR) is 116 cm³/mol. The molecule has 1 saturated heterocycles. The zero-order valence-electron chi connectivity index (χ0n) is 17.2. The smallest absolute Gasteiger partial charge is 0.255 e. The number of carbonyl (C=O) groups excluding carboxylic acids is 2. The van der Waals surface area contributed by atoms with Crippen LogP contribution in [0.15, 0.2) is 48.5 Å². The Bertz CT molecular complexity index is 845. The molecule has 2 amide bonds. The first-order chi connectivity index (χ1) is 14.1. The van der Waals surface area contributed by atoms with Crippen molar-refractivity contribution in [3.05, 3.63) is 54.1 Å². The zero-order valence-corrected chi connectivity index (χ0v) is 17.2. The monoisotopic (exact) mass is 395 g/mol. The number of benzene rings is 2. The van der Waals surface area contributed by atoms with Gasteiger partial charge in [0, 0.05) is 38.2 Å². The van der Waals surface area contributed by atoms with E-state index in [2.05, 4.69) is 10.2 Å². The fraction of sp³-hybridized carbons (Fsp3) is 0.391. The Kier molecular flexibility index (Phi) is 7.11. The average molecular weight is 396 g/mol. The minimum absolute atomic E-state index is 0.167. The summed E-state index contributed by atoms with van der Waals surface area (Å²) >= 11 is 0. The average Bonchev–Trinajstić information content (AvgIpc) is 2.78. The number of ether oxygens (including phenoxy) is 1. The lowest BCUT2D eigenvalue weighted by Gasteiger charge is -2.36. The standard InChI is InChI=1S/C23H29N3O3/c1-3-16-29-19-9-7-8-18(17-19)23(28)24-20-10-5-6-11-21(20)25-12-14-26(15-13-25)22(27)4-2/h5-11,17H,3-4,12-16H2,1-2H3,(H,24,28). The Morgan fingerprint density at radius 2 is 1.76 bits per heavy atom. The summed E-state index contributed by atoms with van der Waals surface area (Å²) in [5, 5.41) is 3.04.